The van der Waals surface area contributed by atoms with Gasteiger partial charge in [-0.25, -0.2) is 18.2 Å². The van der Waals surface area contributed by atoms with E-state index in [1.165, 1.54) is 35.0 Å². The summed E-state index contributed by atoms with van der Waals surface area (Å²) in [6, 6.07) is 8.72. The zero-order valence-electron chi connectivity index (χ0n) is 16.3. The lowest BCUT2D eigenvalue weighted by Gasteiger charge is -2.14. The molecule has 0 aliphatic heterocycles. The Kier molecular flexibility index (Phi) is 6.18. The predicted octanol–water partition coefficient (Wildman–Crippen LogP) is 3.28. The van der Waals surface area contributed by atoms with Crippen molar-refractivity contribution in [3.63, 3.8) is 0 Å². The number of amides is 1. The third-order valence-electron chi connectivity index (χ3n) is 4.51. The molecule has 2 aromatic carbocycles. The molecule has 0 fully saturated rings. The molecule has 1 heterocycles. The van der Waals surface area contributed by atoms with Gasteiger partial charge < -0.3 is 5.32 Å². The summed E-state index contributed by atoms with van der Waals surface area (Å²) < 4.78 is 64.9. The van der Waals surface area contributed by atoms with Gasteiger partial charge in [-0.3, -0.25) is 4.79 Å². The van der Waals surface area contributed by atoms with E-state index in [1.54, 1.807) is 12.4 Å². The van der Waals surface area contributed by atoms with E-state index in [4.69, 9.17) is 5.14 Å². The number of nitrogens with one attached hydrogen (secondary N) is 1. The molecule has 31 heavy (non-hydrogen) atoms. The number of aryl methyl sites for hydroxylation is 1. The average molecular weight is 452 g/mol. The number of halogens is 3. The number of benzene rings is 2. The minimum Gasteiger partial charge on any atom is -0.326 e. The molecule has 3 aromatic rings. The van der Waals surface area contributed by atoms with Crippen molar-refractivity contribution in [2.24, 2.45) is 5.14 Å². The van der Waals surface area contributed by atoms with Crippen LogP contribution in [0.5, 0.6) is 0 Å². The van der Waals surface area contributed by atoms with E-state index in [1.807, 2.05) is 6.92 Å². The first-order valence-electron chi connectivity index (χ1n) is 9.14. The number of rotatable bonds is 6. The van der Waals surface area contributed by atoms with Crippen LogP contribution in [-0.2, 0) is 33.8 Å². The summed E-state index contributed by atoms with van der Waals surface area (Å²) in [5.74, 6) is -0.739. The maximum absolute atomic E-state index is 13.1. The SMILES string of the molecule is CCc1cnn(-c2ccc(NC(=O)Cc3ccccc3C(F)(F)F)cc2S(N)(=O)=O)c1. The standard InChI is InChI=1S/C20H19F3N4O3S/c1-2-13-11-25-27(12-13)17-8-7-15(10-18(17)31(24,29)30)26-19(28)9-14-5-3-4-6-16(14)20(21,22)23/h3-8,10-12H,2,9H2,1H3,(H,26,28)(H2,24,29,30). The number of anilines is 1. The highest BCUT2D eigenvalue weighted by Crippen LogP contribution is 2.32. The first kappa shape index (κ1) is 22.5. The fraction of sp³-hybridized carbons (Fsp3) is 0.200. The Labute approximate surface area is 176 Å². The molecular weight excluding hydrogens is 433 g/mol. The second-order valence-electron chi connectivity index (χ2n) is 6.75. The summed E-state index contributed by atoms with van der Waals surface area (Å²) >= 11 is 0. The summed E-state index contributed by atoms with van der Waals surface area (Å²) in [5.41, 5.74) is 0.0318. The summed E-state index contributed by atoms with van der Waals surface area (Å²) in [6.45, 7) is 1.91. The van der Waals surface area contributed by atoms with Crippen LogP contribution in [0.4, 0.5) is 18.9 Å². The second-order valence-corrected chi connectivity index (χ2v) is 8.28. The first-order chi connectivity index (χ1) is 14.5. The molecular formula is C20H19F3N4O3S. The van der Waals surface area contributed by atoms with E-state index in [2.05, 4.69) is 10.4 Å². The molecule has 0 saturated heterocycles. The molecule has 164 valence electrons. The number of nitrogens with zero attached hydrogens (tertiary/aromatic N) is 2. The van der Waals surface area contributed by atoms with Crippen molar-refractivity contribution in [2.75, 3.05) is 5.32 Å². The van der Waals surface area contributed by atoms with Crippen LogP contribution in [0.15, 0.2) is 59.8 Å². The molecule has 1 amide bonds. The van der Waals surface area contributed by atoms with Crippen LogP contribution >= 0.6 is 0 Å². The molecule has 1 aromatic heterocycles. The van der Waals surface area contributed by atoms with Crippen molar-refractivity contribution in [2.45, 2.75) is 30.8 Å². The predicted molar refractivity (Wildman–Crippen MR) is 108 cm³/mol. The summed E-state index contributed by atoms with van der Waals surface area (Å²) in [4.78, 5) is 12.1. The van der Waals surface area contributed by atoms with Crippen molar-refractivity contribution in [1.82, 2.24) is 9.78 Å². The molecule has 11 heteroatoms. The van der Waals surface area contributed by atoms with Gasteiger partial charge in [-0.1, -0.05) is 25.1 Å². The Balaban J connectivity index is 1.88. The quantitative estimate of drug-likeness (QED) is 0.599. The van der Waals surface area contributed by atoms with E-state index in [0.29, 0.717) is 6.42 Å². The van der Waals surface area contributed by atoms with Crippen LogP contribution in [0.3, 0.4) is 0 Å². The van der Waals surface area contributed by atoms with Gasteiger partial charge in [0.15, 0.2) is 0 Å². The molecule has 3 rings (SSSR count). The topological polar surface area (TPSA) is 107 Å². The fourth-order valence-corrected chi connectivity index (χ4v) is 3.76. The number of nitrogens with two attached hydrogens (primary N) is 1. The normalized spacial score (nSPS) is 12.0. The number of alkyl halides is 3. The van der Waals surface area contributed by atoms with Crippen LogP contribution < -0.4 is 10.5 Å². The molecule has 7 nitrogen and oxygen atoms in total. The third-order valence-corrected chi connectivity index (χ3v) is 5.46. The number of hydrogen-bond donors (Lipinski definition) is 2. The van der Waals surface area contributed by atoms with Crippen LogP contribution in [0.25, 0.3) is 5.69 Å². The van der Waals surface area contributed by atoms with Gasteiger partial charge in [0.1, 0.15) is 4.90 Å². The Bertz CT molecular complexity index is 1220. The Morgan fingerprint density at radius 1 is 1.19 bits per heavy atom. The highest BCUT2D eigenvalue weighted by Gasteiger charge is 2.33. The van der Waals surface area contributed by atoms with E-state index in [9.17, 15) is 26.4 Å². The number of sulfonamides is 1. The Morgan fingerprint density at radius 3 is 2.52 bits per heavy atom. The average Bonchev–Trinajstić information content (AvgIpc) is 3.16. The van der Waals surface area contributed by atoms with Crippen LogP contribution in [0, 0.1) is 0 Å². The van der Waals surface area contributed by atoms with Crippen molar-refractivity contribution in [3.05, 3.63) is 71.5 Å². The lowest BCUT2D eigenvalue weighted by Crippen LogP contribution is -2.19. The lowest BCUT2D eigenvalue weighted by molar-refractivity contribution is -0.138. The van der Waals surface area contributed by atoms with Crippen LogP contribution in [0.2, 0.25) is 0 Å². The summed E-state index contributed by atoms with van der Waals surface area (Å²) in [7, 11) is -4.18. The highest BCUT2D eigenvalue weighted by atomic mass is 32.2. The van der Waals surface area contributed by atoms with E-state index in [-0.39, 0.29) is 21.8 Å². The zero-order chi connectivity index (χ0) is 22.8. The molecule has 0 aliphatic carbocycles. The molecule has 0 aliphatic rings. The number of carbonyl (C=O) groups is 1. The third kappa shape index (κ3) is 5.30. The summed E-state index contributed by atoms with van der Waals surface area (Å²) in [6.07, 6.45) is -1.21. The van der Waals surface area contributed by atoms with Crippen molar-refractivity contribution >= 4 is 21.6 Å². The zero-order valence-corrected chi connectivity index (χ0v) is 17.2. The number of primary sulfonamides is 1. The smallest absolute Gasteiger partial charge is 0.326 e. The van der Waals surface area contributed by atoms with Gasteiger partial charge in [0.2, 0.25) is 15.9 Å². The van der Waals surface area contributed by atoms with Crippen LogP contribution in [-0.4, -0.2) is 24.1 Å². The molecule has 0 saturated carbocycles. The minimum atomic E-state index is -4.60. The maximum Gasteiger partial charge on any atom is 0.416 e. The van der Waals surface area contributed by atoms with Gasteiger partial charge in [0.05, 0.1) is 23.9 Å². The first-order valence-corrected chi connectivity index (χ1v) is 10.7. The van der Waals surface area contributed by atoms with Gasteiger partial charge in [-0.05, 0) is 41.8 Å². The van der Waals surface area contributed by atoms with E-state index >= 15 is 0 Å². The van der Waals surface area contributed by atoms with Gasteiger partial charge in [0.25, 0.3) is 0 Å². The van der Waals surface area contributed by atoms with E-state index < -0.39 is 34.1 Å². The molecule has 0 bridgehead atoms. The summed E-state index contributed by atoms with van der Waals surface area (Å²) in [5, 5.41) is 11.9. The molecule has 0 atom stereocenters. The van der Waals surface area contributed by atoms with Crippen molar-refractivity contribution < 1.29 is 26.4 Å². The monoisotopic (exact) mass is 452 g/mol. The van der Waals surface area contributed by atoms with Crippen LogP contribution in [0.1, 0.15) is 23.6 Å². The fourth-order valence-electron chi connectivity index (χ4n) is 3.01. The Morgan fingerprint density at radius 2 is 1.90 bits per heavy atom. The highest BCUT2D eigenvalue weighted by molar-refractivity contribution is 7.89. The molecule has 0 unspecified atom stereocenters. The van der Waals surface area contributed by atoms with E-state index in [0.717, 1.165) is 17.7 Å². The number of aromatic nitrogens is 2. The van der Waals surface area contributed by atoms with Gasteiger partial charge in [0, 0.05) is 11.9 Å². The molecule has 3 N–H and O–H groups in total. The van der Waals surface area contributed by atoms with Gasteiger partial charge >= 0.3 is 6.18 Å². The second kappa shape index (κ2) is 8.52. The number of carbonyl (C=O) groups excluding carboxylic acids is 1. The molecule has 0 spiro atoms. The molecule has 0 radical (unpaired) electrons. The van der Waals surface area contributed by atoms with Gasteiger partial charge in [-0.15, -0.1) is 0 Å². The lowest BCUT2D eigenvalue weighted by atomic mass is 10.0. The van der Waals surface area contributed by atoms with Gasteiger partial charge in [-0.2, -0.15) is 18.3 Å². The minimum absolute atomic E-state index is 0.0742. The Hall–Kier alpha value is -3.18. The maximum atomic E-state index is 13.1. The van der Waals surface area contributed by atoms with Crippen molar-refractivity contribution in [1.29, 1.82) is 0 Å². The largest absolute Gasteiger partial charge is 0.416 e. The van der Waals surface area contributed by atoms with Crippen molar-refractivity contribution in [3.8, 4) is 5.69 Å². The number of hydrogen-bond acceptors (Lipinski definition) is 4.